The Hall–Kier alpha value is -4.71. The molecule has 210 valence electrons. The number of ketones is 1. The standard InChI is InChI=1S/C30H25NO10/c1-14-21-16(11-18(37-2)22(14)28(33)39-4)10-17-23(26(21)40-13-15-8-6-5-7-9-15)25-24-19(41-31-25)12-20(38-3)30(35,36)29(24,34)27(17)32/h5-12,34-36H,13H2,1-4H3/t29-/m1/s1. The fourth-order valence-electron chi connectivity index (χ4n) is 5.67. The summed E-state index contributed by atoms with van der Waals surface area (Å²) in [6.07, 6.45) is 1.15. The van der Waals surface area contributed by atoms with Gasteiger partial charge in [0, 0.05) is 17.0 Å². The van der Waals surface area contributed by atoms with Crippen molar-refractivity contribution in [2.24, 2.45) is 0 Å². The van der Waals surface area contributed by atoms with Gasteiger partial charge in [0.25, 0.3) is 5.79 Å². The van der Waals surface area contributed by atoms with Crippen molar-refractivity contribution in [2.75, 3.05) is 21.3 Å². The SMILES string of the molecule is COC(=O)c1c(OC)cc2cc3c(c(OCc4ccccc4)c2c1C)-c1noc2c1[C@@](O)(C3=O)C(O)(O)C(OC)=C2. The highest BCUT2D eigenvalue weighted by molar-refractivity contribution is 6.18. The van der Waals surface area contributed by atoms with E-state index in [9.17, 15) is 24.9 Å². The van der Waals surface area contributed by atoms with Crippen LogP contribution in [0, 0.1) is 6.92 Å². The number of aliphatic hydroxyl groups is 3. The number of Topliss-reactive ketones (excluding diaryl/α,β-unsaturated/α-hetero) is 1. The molecule has 4 aromatic rings. The summed E-state index contributed by atoms with van der Waals surface area (Å²) in [5, 5.41) is 38.9. The number of benzene rings is 3. The molecule has 3 aromatic carbocycles. The Kier molecular flexibility index (Phi) is 5.93. The van der Waals surface area contributed by atoms with Gasteiger partial charge in [-0.3, -0.25) is 4.79 Å². The van der Waals surface area contributed by atoms with Crippen LogP contribution in [-0.2, 0) is 21.7 Å². The van der Waals surface area contributed by atoms with Crippen LogP contribution in [0.1, 0.15) is 43.2 Å². The normalized spacial score (nSPS) is 18.3. The monoisotopic (exact) mass is 559 g/mol. The van der Waals surface area contributed by atoms with Crippen molar-refractivity contribution < 1.29 is 48.4 Å². The van der Waals surface area contributed by atoms with Gasteiger partial charge in [0.1, 0.15) is 29.4 Å². The molecule has 0 fully saturated rings. The van der Waals surface area contributed by atoms with Gasteiger partial charge in [-0.1, -0.05) is 35.5 Å². The molecule has 11 nitrogen and oxygen atoms in total. The van der Waals surface area contributed by atoms with Crippen LogP contribution in [0.15, 0.2) is 52.7 Å². The van der Waals surface area contributed by atoms with E-state index in [1.807, 2.05) is 30.3 Å². The lowest BCUT2D eigenvalue weighted by atomic mass is 9.68. The lowest BCUT2D eigenvalue weighted by Crippen LogP contribution is -2.60. The summed E-state index contributed by atoms with van der Waals surface area (Å²) < 4.78 is 27.4. The first-order chi connectivity index (χ1) is 19.6. The number of nitrogens with zero attached hydrogens (tertiary/aromatic N) is 1. The van der Waals surface area contributed by atoms with Crippen LogP contribution >= 0.6 is 0 Å². The van der Waals surface area contributed by atoms with E-state index < -0.39 is 28.9 Å². The fourth-order valence-corrected chi connectivity index (χ4v) is 5.67. The number of hydrogen-bond acceptors (Lipinski definition) is 11. The second-order valence-corrected chi connectivity index (χ2v) is 9.77. The zero-order valence-corrected chi connectivity index (χ0v) is 22.5. The number of fused-ring (bicyclic) bond motifs is 3. The maximum Gasteiger partial charge on any atom is 0.341 e. The van der Waals surface area contributed by atoms with Crippen LogP contribution in [0.4, 0.5) is 0 Å². The van der Waals surface area contributed by atoms with Crippen molar-refractivity contribution >= 4 is 28.6 Å². The molecule has 2 aliphatic rings. The first-order valence-electron chi connectivity index (χ1n) is 12.5. The summed E-state index contributed by atoms with van der Waals surface area (Å²) in [5.41, 5.74) is -1.74. The molecule has 6 rings (SSSR count). The number of hydrogen-bond donors (Lipinski definition) is 3. The Labute approximate surface area is 233 Å². The number of methoxy groups -OCH3 is 3. The molecule has 0 saturated carbocycles. The van der Waals surface area contributed by atoms with Gasteiger partial charge in [-0.15, -0.1) is 0 Å². The molecule has 0 unspecified atom stereocenters. The zero-order chi connectivity index (χ0) is 29.3. The fraction of sp³-hybridized carbons (Fsp3) is 0.233. The van der Waals surface area contributed by atoms with Gasteiger partial charge in [0.05, 0.1) is 32.5 Å². The summed E-state index contributed by atoms with van der Waals surface area (Å²) in [7, 11) is 3.81. The highest BCUT2D eigenvalue weighted by atomic mass is 16.6. The molecule has 0 bridgehead atoms. The molecule has 2 aliphatic carbocycles. The molecule has 1 aromatic heterocycles. The maximum absolute atomic E-state index is 14.1. The molecule has 0 spiro atoms. The Bertz CT molecular complexity index is 1790. The van der Waals surface area contributed by atoms with Crippen molar-refractivity contribution in [3.05, 3.63) is 81.8 Å². The summed E-state index contributed by atoms with van der Waals surface area (Å²) in [5.74, 6) is -5.07. The van der Waals surface area contributed by atoms with Crippen molar-refractivity contribution in [2.45, 2.75) is 24.9 Å². The van der Waals surface area contributed by atoms with E-state index in [-0.39, 0.29) is 51.8 Å². The van der Waals surface area contributed by atoms with E-state index in [2.05, 4.69) is 5.16 Å². The van der Waals surface area contributed by atoms with E-state index >= 15 is 0 Å². The van der Waals surface area contributed by atoms with Crippen LogP contribution in [-0.4, -0.2) is 59.3 Å². The van der Waals surface area contributed by atoms with E-state index in [0.717, 1.165) is 18.7 Å². The third kappa shape index (κ3) is 3.46. The van der Waals surface area contributed by atoms with Crippen LogP contribution in [0.2, 0.25) is 0 Å². The highest BCUT2D eigenvalue weighted by Gasteiger charge is 2.66. The summed E-state index contributed by atoms with van der Waals surface area (Å²) in [4.78, 5) is 27.0. The van der Waals surface area contributed by atoms with E-state index in [0.29, 0.717) is 16.3 Å². The van der Waals surface area contributed by atoms with Gasteiger partial charge >= 0.3 is 5.97 Å². The summed E-state index contributed by atoms with van der Waals surface area (Å²) in [6, 6.07) is 12.3. The quantitative estimate of drug-likeness (QED) is 0.235. The average Bonchev–Trinajstić information content (AvgIpc) is 3.40. The molecule has 3 N–H and O–H groups in total. The minimum atomic E-state index is -3.15. The Morgan fingerprint density at radius 3 is 2.44 bits per heavy atom. The number of esters is 1. The molecule has 1 atom stereocenters. The molecule has 41 heavy (non-hydrogen) atoms. The largest absolute Gasteiger partial charge is 0.496 e. The highest BCUT2D eigenvalue weighted by Crippen LogP contribution is 2.56. The van der Waals surface area contributed by atoms with Crippen LogP contribution in [0.5, 0.6) is 11.5 Å². The number of aromatic nitrogens is 1. The molecule has 0 aliphatic heterocycles. The molecular formula is C30H25NO10. The minimum Gasteiger partial charge on any atom is -0.496 e. The van der Waals surface area contributed by atoms with Crippen molar-refractivity contribution in [3.63, 3.8) is 0 Å². The van der Waals surface area contributed by atoms with Crippen LogP contribution in [0.25, 0.3) is 28.1 Å². The second kappa shape index (κ2) is 9.16. The van der Waals surface area contributed by atoms with E-state index in [1.165, 1.54) is 26.4 Å². The van der Waals surface area contributed by atoms with Gasteiger partial charge in [0.15, 0.2) is 11.5 Å². The van der Waals surface area contributed by atoms with Gasteiger partial charge in [-0.05, 0) is 35.6 Å². The second-order valence-electron chi connectivity index (χ2n) is 9.77. The van der Waals surface area contributed by atoms with Gasteiger partial charge in [-0.2, -0.15) is 0 Å². The number of carbonyl (C=O) groups excluding carboxylic acids is 2. The van der Waals surface area contributed by atoms with Crippen LogP contribution in [0.3, 0.4) is 0 Å². The first kappa shape index (κ1) is 26.5. The van der Waals surface area contributed by atoms with Crippen molar-refractivity contribution in [1.82, 2.24) is 5.16 Å². The number of carbonyl (C=O) groups is 2. The van der Waals surface area contributed by atoms with Crippen molar-refractivity contribution in [3.8, 4) is 22.8 Å². The van der Waals surface area contributed by atoms with Gasteiger partial charge in [-0.25, -0.2) is 4.79 Å². The number of rotatable bonds is 6. The molecule has 0 saturated heterocycles. The smallest absolute Gasteiger partial charge is 0.341 e. The first-order valence-corrected chi connectivity index (χ1v) is 12.5. The molecular weight excluding hydrogens is 534 g/mol. The Morgan fingerprint density at radius 1 is 1.05 bits per heavy atom. The molecule has 1 heterocycles. The van der Waals surface area contributed by atoms with Gasteiger partial charge < -0.3 is 38.8 Å². The third-order valence-electron chi connectivity index (χ3n) is 7.65. The summed E-state index contributed by atoms with van der Waals surface area (Å²) >= 11 is 0. The Morgan fingerprint density at radius 2 is 1.78 bits per heavy atom. The Balaban J connectivity index is 1.72. The lowest BCUT2D eigenvalue weighted by molar-refractivity contribution is -0.252. The molecule has 0 radical (unpaired) electrons. The van der Waals surface area contributed by atoms with Crippen LogP contribution < -0.4 is 9.47 Å². The maximum atomic E-state index is 14.1. The number of aryl methyl sites for hydroxylation is 1. The van der Waals surface area contributed by atoms with E-state index in [1.54, 1.807) is 6.92 Å². The summed E-state index contributed by atoms with van der Waals surface area (Å²) in [6.45, 7) is 1.76. The average molecular weight is 560 g/mol. The number of ether oxygens (including phenoxy) is 4. The molecule has 0 amide bonds. The van der Waals surface area contributed by atoms with Crippen molar-refractivity contribution in [1.29, 1.82) is 0 Å². The predicted molar refractivity (Wildman–Crippen MR) is 143 cm³/mol. The third-order valence-corrected chi connectivity index (χ3v) is 7.65. The molecule has 11 heteroatoms. The van der Waals surface area contributed by atoms with E-state index in [4.69, 9.17) is 23.5 Å². The zero-order valence-electron chi connectivity index (χ0n) is 22.5. The minimum absolute atomic E-state index is 0.0317. The topological polar surface area (TPSA) is 158 Å². The van der Waals surface area contributed by atoms with Gasteiger partial charge in [0.2, 0.25) is 11.4 Å². The lowest BCUT2D eigenvalue weighted by Gasteiger charge is -2.42. The predicted octanol–water partition coefficient (Wildman–Crippen LogP) is 3.24.